The standard InChI is InChI=1S/C19H27BrN4O/c1-21-19(23-17-10-16-5-6-18(17)25-16)22-11-13-7-8-24(12-13)15-4-2-3-14(20)9-15/h2-4,9,13,16-18H,5-8,10-12H2,1H3,(H2,21,22,23). The van der Waals surface area contributed by atoms with Crippen molar-refractivity contribution in [1.29, 1.82) is 0 Å². The maximum absolute atomic E-state index is 5.93. The van der Waals surface area contributed by atoms with Crippen molar-refractivity contribution in [2.24, 2.45) is 10.9 Å². The van der Waals surface area contributed by atoms with Gasteiger partial charge in [0, 0.05) is 36.8 Å². The first-order valence-electron chi connectivity index (χ1n) is 9.34. The molecule has 136 valence electrons. The Morgan fingerprint density at radius 2 is 2.28 bits per heavy atom. The van der Waals surface area contributed by atoms with Crippen LogP contribution in [0.4, 0.5) is 5.69 Å². The first-order valence-corrected chi connectivity index (χ1v) is 10.1. The lowest BCUT2D eigenvalue weighted by atomic mass is 9.96. The molecule has 3 fully saturated rings. The number of fused-ring (bicyclic) bond motifs is 2. The van der Waals surface area contributed by atoms with Gasteiger partial charge in [-0.25, -0.2) is 0 Å². The van der Waals surface area contributed by atoms with E-state index in [0.717, 1.165) is 36.5 Å². The summed E-state index contributed by atoms with van der Waals surface area (Å²) in [7, 11) is 1.85. The highest BCUT2D eigenvalue weighted by molar-refractivity contribution is 9.10. The van der Waals surface area contributed by atoms with Gasteiger partial charge in [0.15, 0.2) is 5.96 Å². The summed E-state index contributed by atoms with van der Waals surface area (Å²) in [5, 5.41) is 7.09. The van der Waals surface area contributed by atoms with Crippen molar-refractivity contribution < 1.29 is 4.74 Å². The molecular weight excluding hydrogens is 380 g/mol. The van der Waals surface area contributed by atoms with Crippen LogP contribution in [0.15, 0.2) is 33.7 Å². The molecule has 1 aromatic rings. The van der Waals surface area contributed by atoms with Crippen LogP contribution in [-0.2, 0) is 4.74 Å². The van der Waals surface area contributed by atoms with E-state index >= 15 is 0 Å². The molecule has 5 nitrogen and oxygen atoms in total. The number of benzene rings is 1. The summed E-state index contributed by atoms with van der Waals surface area (Å²) in [6, 6.07) is 9.00. The topological polar surface area (TPSA) is 48.9 Å². The molecule has 3 aliphatic heterocycles. The summed E-state index contributed by atoms with van der Waals surface area (Å²) in [6.45, 7) is 3.18. The number of guanidine groups is 1. The van der Waals surface area contributed by atoms with Crippen LogP contribution in [-0.4, -0.2) is 50.9 Å². The quantitative estimate of drug-likeness (QED) is 0.596. The predicted molar refractivity (Wildman–Crippen MR) is 105 cm³/mol. The Hall–Kier alpha value is -1.27. The highest BCUT2D eigenvalue weighted by Gasteiger charge is 2.41. The van der Waals surface area contributed by atoms with E-state index in [1.165, 1.54) is 24.9 Å². The van der Waals surface area contributed by atoms with Crippen LogP contribution in [0.25, 0.3) is 0 Å². The number of ether oxygens (including phenoxy) is 1. The van der Waals surface area contributed by atoms with E-state index in [1.54, 1.807) is 0 Å². The van der Waals surface area contributed by atoms with Gasteiger partial charge in [-0.15, -0.1) is 0 Å². The largest absolute Gasteiger partial charge is 0.373 e. The Labute approximate surface area is 158 Å². The van der Waals surface area contributed by atoms with Crippen LogP contribution in [0.1, 0.15) is 25.7 Å². The molecule has 2 bridgehead atoms. The lowest BCUT2D eigenvalue weighted by Crippen LogP contribution is -2.48. The zero-order chi connectivity index (χ0) is 17.2. The fourth-order valence-corrected chi connectivity index (χ4v) is 4.69. The molecule has 0 radical (unpaired) electrons. The fourth-order valence-electron chi connectivity index (χ4n) is 4.31. The summed E-state index contributed by atoms with van der Waals surface area (Å²) in [5.74, 6) is 1.57. The third-order valence-corrected chi connectivity index (χ3v) is 6.16. The Morgan fingerprint density at radius 1 is 1.36 bits per heavy atom. The maximum atomic E-state index is 5.93. The van der Waals surface area contributed by atoms with Crippen molar-refractivity contribution in [2.45, 2.75) is 43.9 Å². The molecule has 25 heavy (non-hydrogen) atoms. The molecule has 0 aliphatic carbocycles. The van der Waals surface area contributed by atoms with E-state index in [0.29, 0.717) is 24.2 Å². The van der Waals surface area contributed by atoms with Crippen LogP contribution >= 0.6 is 15.9 Å². The molecule has 4 unspecified atom stereocenters. The molecule has 3 aliphatic rings. The van der Waals surface area contributed by atoms with Gasteiger partial charge in [-0.3, -0.25) is 4.99 Å². The zero-order valence-electron chi connectivity index (χ0n) is 14.7. The SMILES string of the molecule is CN=C(NCC1CCN(c2cccc(Br)c2)C1)NC1CC2CCC1O2. The minimum Gasteiger partial charge on any atom is -0.373 e. The predicted octanol–water partition coefficient (Wildman–Crippen LogP) is 2.76. The van der Waals surface area contributed by atoms with Gasteiger partial charge in [-0.1, -0.05) is 22.0 Å². The molecule has 0 aromatic heterocycles. The summed E-state index contributed by atoms with van der Waals surface area (Å²) >= 11 is 3.57. The molecule has 2 N–H and O–H groups in total. The van der Waals surface area contributed by atoms with Gasteiger partial charge < -0.3 is 20.3 Å². The van der Waals surface area contributed by atoms with E-state index in [1.807, 2.05) is 7.05 Å². The molecule has 4 atom stereocenters. The van der Waals surface area contributed by atoms with Gasteiger partial charge in [0.25, 0.3) is 0 Å². The number of halogens is 1. The van der Waals surface area contributed by atoms with E-state index in [-0.39, 0.29) is 0 Å². The van der Waals surface area contributed by atoms with E-state index in [9.17, 15) is 0 Å². The van der Waals surface area contributed by atoms with Crippen LogP contribution in [0.2, 0.25) is 0 Å². The molecule has 0 amide bonds. The number of rotatable bonds is 4. The maximum Gasteiger partial charge on any atom is 0.191 e. The highest BCUT2D eigenvalue weighted by Crippen LogP contribution is 2.34. The molecule has 1 aromatic carbocycles. The van der Waals surface area contributed by atoms with Crippen LogP contribution in [0.5, 0.6) is 0 Å². The van der Waals surface area contributed by atoms with Gasteiger partial charge in [0.2, 0.25) is 0 Å². The Kier molecular flexibility index (Phi) is 5.17. The van der Waals surface area contributed by atoms with E-state index < -0.39 is 0 Å². The molecule has 3 saturated heterocycles. The smallest absolute Gasteiger partial charge is 0.191 e. The van der Waals surface area contributed by atoms with Crippen molar-refractivity contribution in [2.75, 3.05) is 31.6 Å². The van der Waals surface area contributed by atoms with Gasteiger partial charge in [-0.05, 0) is 49.8 Å². The molecule has 0 spiro atoms. The van der Waals surface area contributed by atoms with E-state index in [4.69, 9.17) is 4.74 Å². The van der Waals surface area contributed by atoms with Crippen molar-refractivity contribution in [3.63, 3.8) is 0 Å². The summed E-state index contributed by atoms with van der Waals surface area (Å²) in [5.41, 5.74) is 1.30. The number of hydrogen-bond acceptors (Lipinski definition) is 3. The number of aliphatic imine (C=N–C) groups is 1. The van der Waals surface area contributed by atoms with Gasteiger partial charge in [-0.2, -0.15) is 0 Å². The van der Waals surface area contributed by atoms with Gasteiger partial charge in [0.1, 0.15) is 0 Å². The number of anilines is 1. The van der Waals surface area contributed by atoms with E-state index in [2.05, 4.69) is 60.7 Å². The first-order chi connectivity index (χ1) is 12.2. The third-order valence-electron chi connectivity index (χ3n) is 5.67. The average molecular weight is 407 g/mol. The second-order valence-corrected chi connectivity index (χ2v) is 8.31. The lowest BCUT2D eigenvalue weighted by molar-refractivity contribution is 0.0992. The van der Waals surface area contributed by atoms with Gasteiger partial charge >= 0.3 is 0 Å². The van der Waals surface area contributed by atoms with Gasteiger partial charge in [0.05, 0.1) is 18.2 Å². The minimum atomic E-state index is 0.377. The summed E-state index contributed by atoms with van der Waals surface area (Å²) in [4.78, 5) is 6.87. The van der Waals surface area contributed by atoms with Crippen molar-refractivity contribution in [3.8, 4) is 0 Å². The van der Waals surface area contributed by atoms with Crippen LogP contribution in [0, 0.1) is 5.92 Å². The van der Waals surface area contributed by atoms with Crippen molar-refractivity contribution in [3.05, 3.63) is 28.7 Å². The second kappa shape index (κ2) is 7.54. The monoisotopic (exact) mass is 406 g/mol. The van der Waals surface area contributed by atoms with Crippen LogP contribution in [0.3, 0.4) is 0 Å². The van der Waals surface area contributed by atoms with Crippen molar-refractivity contribution >= 4 is 27.6 Å². The molecule has 6 heteroatoms. The average Bonchev–Trinajstić information content (AvgIpc) is 3.35. The number of nitrogens with zero attached hydrogens (tertiary/aromatic N) is 2. The fraction of sp³-hybridized carbons (Fsp3) is 0.632. The molecular formula is C19H27BrN4O. The highest BCUT2D eigenvalue weighted by atomic mass is 79.9. The van der Waals surface area contributed by atoms with Crippen molar-refractivity contribution in [1.82, 2.24) is 10.6 Å². The molecule has 0 saturated carbocycles. The van der Waals surface area contributed by atoms with Crippen LogP contribution < -0.4 is 15.5 Å². The minimum absolute atomic E-state index is 0.377. The second-order valence-electron chi connectivity index (χ2n) is 7.39. The summed E-state index contributed by atoms with van der Waals surface area (Å²) in [6.07, 6.45) is 5.58. The summed E-state index contributed by atoms with van der Waals surface area (Å²) < 4.78 is 7.07. The third kappa shape index (κ3) is 3.95. The normalized spacial score (nSPS) is 31.6. The Balaban J connectivity index is 1.25. The Bertz CT molecular complexity index is 638. The molecule has 4 rings (SSSR count). The molecule has 3 heterocycles. The lowest BCUT2D eigenvalue weighted by Gasteiger charge is -2.24. The first kappa shape index (κ1) is 17.2. The number of nitrogens with one attached hydrogen (secondary N) is 2. The Morgan fingerprint density at radius 3 is 3.00 bits per heavy atom. The number of hydrogen-bond donors (Lipinski definition) is 2. The zero-order valence-corrected chi connectivity index (χ0v) is 16.3.